The van der Waals surface area contributed by atoms with Crippen LogP contribution in [0.25, 0.3) is 0 Å². The molecule has 0 aliphatic rings. The molecule has 0 aliphatic heterocycles. The van der Waals surface area contributed by atoms with E-state index < -0.39 is 0 Å². The van der Waals surface area contributed by atoms with Gasteiger partial charge in [0.1, 0.15) is 5.82 Å². The second kappa shape index (κ2) is 8.31. The highest BCUT2D eigenvalue weighted by atomic mass is 19.1. The van der Waals surface area contributed by atoms with Gasteiger partial charge in [0.25, 0.3) is 0 Å². The van der Waals surface area contributed by atoms with E-state index in [9.17, 15) is 4.39 Å². The first-order valence-corrected chi connectivity index (χ1v) is 7.60. The van der Waals surface area contributed by atoms with Gasteiger partial charge in [0.2, 0.25) is 0 Å². The molecule has 1 atom stereocenters. The summed E-state index contributed by atoms with van der Waals surface area (Å²) in [5, 5.41) is 3.62. The molecule has 108 valence electrons. The monoisotopic (exact) mass is 265 g/mol. The van der Waals surface area contributed by atoms with Crippen LogP contribution in [0.5, 0.6) is 0 Å². The first kappa shape index (κ1) is 16.2. The van der Waals surface area contributed by atoms with Crippen LogP contribution in [0.15, 0.2) is 12.1 Å². The third-order valence-electron chi connectivity index (χ3n) is 3.64. The van der Waals surface area contributed by atoms with E-state index in [4.69, 9.17) is 0 Å². The Morgan fingerprint density at radius 3 is 2.21 bits per heavy atom. The maximum atomic E-state index is 13.4. The zero-order valence-electron chi connectivity index (χ0n) is 12.9. The van der Waals surface area contributed by atoms with Gasteiger partial charge in [-0.3, -0.25) is 0 Å². The molecule has 0 fully saturated rings. The molecule has 1 aromatic rings. The molecule has 1 unspecified atom stereocenters. The van der Waals surface area contributed by atoms with Crippen molar-refractivity contribution in [1.82, 2.24) is 5.32 Å². The van der Waals surface area contributed by atoms with Gasteiger partial charge in [-0.15, -0.1) is 0 Å². The summed E-state index contributed by atoms with van der Waals surface area (Å²) in [7, 11) is 0. The van der Waals surface area contributed by atoms with Crippen LogP contribution in [0, 0.1) is 19.7 Å². The minimum Gasteiger partial charge on any atom is -0.310 e. The largest absolute Gasteiger partial charge is 0.310 e. The molecule has 0 heterocycles. The predicted octanol–water partition coefficient (Wildman–Crippen LogP) is 5.06. The summed E-state index contributed by atoms with van der Waals surface area (Å²) in [6.45, 7) is 9.47. The zero-order valence-corrected chi connectivity index (χ0v) is 12.9. The fourth-order valence-corrected chi connectivity index (χ4v) is 2.74. The summed E-state index contributed by atoms with van der Waals surface area (Å²) < 4.78 is 13.4. The van der Waals surface area contributed by atoms with E-state index in [1.165, 1.54) is 24.8 Å². The number of rotatable bonds is 8. The van der Waals surface area contributed by atoms with Gasteiger partial charge in [-0.05, 0) is 62.1 Å². The first-order valence-electron chi connectivity index (χ1n) is 7.60. The van der Waals surface area contributed by atoms with Crippen molar-refractivity contribution in [2.45, 2.75) is 65.8 Å². The van der Waals surface area contributed by atoms with E-state index >= 15 is 0 Å². The van der Waals surface area contributed by atoms with Gasteiger partial charge < -0.3 is 5.32 Å². The highest BCUT2D eigenvalue weighted by Gasteiger charge is 2.16. The lowest BCUT2D eigenvalue weighted by Crippen LogP contribution is -2.24. The molecule has 0 saturated carbocycles. The number of aryl methyl sites for hydroxylation is 2. The maximum Gasteiger partial charge on any atom is 0.123 e. The molecule has 0 spiro atoms. The van der Waals surface area contributed by atoms with Crippen molar-refractivity contribution >= 4 is 0 Å². The lowest BCUT2D eigenvalue weighted by molar-refractivity contribution is 0.470. The van der Waals surface area contributed by atoms with Crippen LogP contribution in [0.3, 0.4) is 0 Å². The maximum absolute atomic E-state index is 13.4. The first-order chi connectivity index (χ1) is 9.10. The molecular formula is C17H28FN. The molecule has 1 N–H and O–H groups in total. The Balaban J connectivity index is 2.89. The highest BCUT2D eigenvalue weighted by molar-refractivity contribution is 5.36. The summed E-state index contributed by atoms with van der Waals surface area (Å²) in [5.74, 6) is -0.124. The summed E-state index contributed by atoms with van der Waals surface area (Å²) in [5.41, 5.74) is 3.44. The third-order valence-corrected chi connectivity index (χ3v) is 3.64. The molecule has 19 heavy (non-hydrogen) atoms. The number of hydrogen-bond acceptors (Lipinski definition) is 1. The average molecular weight is 265 g/mol. The van der Waals surface area contributed by atoms with Crippen LogP contribution in [-0.2, 0) is 0 Å². The summed E-state index contributed by atoms with van der Waals surface area (Å²) in [6, 6.07) is 3.68. The minimum absolute atomic E-state index is 0.124. The Morgan fingerprint density at radius 2 is 1.68 bits per heavy atom. The van der Waals surface area contributed by atoms with Crippen LogP contribution >= 0.6 is 0 Å². The predicted molar refractivity (Wildman–Crippen MR) is 81.1 cm³/mol. The summed E-state index contributed by atoms with van der Waals surface area (Å²) >= 11 is 0. The fourth-order valence-electron chi connectivity index (χ4n) is 2.74. The van der Waals surface area contributed by atoms with Crippen LogP contribution in [-0.4, -0.2) is 6.54 Å². The molecular weight excluding hydrogens is 237 g/mol. The van der Waals surface area contributed by atoms with Crippen molar-refractivity contribution in [2.75, 3.05) is 6.54 Å². The smallest absolute Gasteiger partial charge is 0.123 e. The van der Waals surface area contributed by atoms with Crippen LogP contribution in [0.2, 0.25) is 0 Å². The normalized spacial score (nSPS) is 12.7. The van der Waals surface area contributed by atoms with Crippen molar-refractivity contribution in [1.29, 1.82) is 0 Å². The second-order valence-electron chi connectivity index (χ2n) is 5.46. The van der Waals surface area contributed by atoms with Gasteiger partial charge in [-0.25, -0.2) is 4.39 Å². The third kappa shape index (κ3) is 4.94. The van der Waals surface area contributed by atoms with Gasteiger partial charge in [-0.2, -0.15) is 0 Å². The lowest BCUT2D eigenvalue weighted by Gasteiger charge is -2.23. The molecule has 0 bridgehead atoms. The lowest BCUT2D eigenvalue weighted by atomic mass is 9.92. The minimum atomic E-state index is -0.124. The molecule has 0 aliphatic carbocycles. The Labute approximate surface area is 117 Å². The summed E-state index contributed by atoms with van der Waals surface area (Å²) in [6.07, 6.45) is 6.00. The van der Waals surface area contributed by atoms with Crippen molar-refractivity contribution in [3.05, 3.63) is 34.6 Å². The van der Waals surface area contributed by atoms with Crippen LogP contribution < -0.4 is 5.32 Å². The molecule has 0 amide bonds. The molecule has 0 aromatic heterocycles. The van der Waals surface area contributed by atoms with Crippen LogP contribution in [0.4, 0.5) is 4.39 Å². The number of hydrogen-bond donors (Lipinski definition) is 1. The Hall–Kier alpha value is -0.890. The number of halogens is 1. The van der Waals surface area contributed by atoms with E-state index in [0.29, 0.717) is 6.04 Å². The molecule has 0 saturated heterocycles. The van der Waals surface area contributed by atoms with E-state index in [2.05, 4.69) is 19.2 Å². The van der Waals surface area contributed by atoms with Crippen molar-refractivity contribution in [2.24, 2.45) is 0 Å². The number of unbranched alkanes of at least 4 members (excludes halogenated alkanes) is 2. The van der Waals surface area contributed by atoms with Gasteiger partial charge in [-0.1, -0.05) is 33.1 Å². The number of nitrogens with one attached hydrogen (secondary N) is 1. The molecule has 1 rings (SSSR count). The van der Waals surface area contributed by atoms with Crippen LogP contribution in [0.1, 0.15) is 68.7 Å². The van der Waals surface area contributed by atoms with Gasteiger partial charge in [0.05, 0.1) is 0 Å². The van der Waals surface area contributed by atoms with Gasteiger partial charge in [0, 0.05) is 6.04 Å². The molecule has 0 radical (unpaired) electrons. The van der Waals surface area contributed by atoms with Crippen molar-refractivity contribution in [3.63, 3.8) is 0 Å². The van der Waals surface area contributed by atoms with E-state index in [-0.39, 0.29) is 5.82 Å². The Kier molecular flexibility index (Phi) is 7.07. The van der Waals surface area contributed by atoms with E-state index in [1.54, 1.807) is 12.1 Å². The van der Waals surface area contributed by atoms with Crippen molar-refractivity contribution < 1.29 is 4.39 Å². The highest BCUT2D eigenvalue weighted by Crippen LogP contribution is 2.27. The Morgan fingerprint density at radius 1 is 1.05 bits per heavy atom. The standard InChI is InChI=1S/C17H28FN/c1-5-7-8-9-16(19-10-6-2)17-13(3)11-15(18)12-14(17)4/h11-12,16,19H,5-10H2,1-4H3. The molecule has 1 nitrogen and oxygen atoms in total. The van der Waals surface area contributed by atoms with Gasteiger partial charge in [0.15, 0.2) is 0 Å². The summed E-state index contributed by atoms with van der Waals surface area (Å²) in [4.78, 5) is 0. The number of benzene rings is 1. The van der Waals surface area contributed by atoms with E-state index in [1.807, 2.05) is 13.8 Å². The average Bonchev–Trinajstić information content (AvgIpc) is 2.34. The molecule has 2 heteroatoms. The van der Waals surface area contributed by atoms with Gasteiger partial charge >= 0.3 is 0 Å². The van der Waals surface area contributed by atoms with E-state index in [0.717, 1.165) is 30.5 Å². The van der Waals surface area contributed by atoms with Crippen molar-refractivity contribution in [3.8, 4) is 0 Å². The topological polar surface area (TPSA) is 12.0 Å². The SMILES string of the molecule is CCCCCC(NCCC)c1c(C)cc(F)cc1C. The Bertz CT molecular complexity index is 364. The zero-order chi connectivity index (χ0) is 14.3. The second-order valence-corrected chi connectivity index (χ2v) is 5.46. The quantitative estimate of drug-likeness (QED) is 0.647. The fraction of sp³-hybridized carbons (Fsp3) is 0.647. The molecule has 1 aromatic carbocycles.